The van der Waals surface area contributed by atoms with Gasteiger partial charge in [-0.25, -0.2) is 4.98 Å². The molecule has 1 saturated heterocycles. The number of hydrogen-bond donors (Lipinski definition) is 1. The van der Waals surface area contributed by atoms with E-state index >= 15 is 0 Å². The van der Waals surface area contributed by atoms with Crippen LogP contribution in [0.2, 0.25) is 0 Å². The van der Waals surface area contributed by atoms with Gasteiger partial charge in [-0.1, -0.05) is 6.07 Å². The van der Waals surface area contributed by atoms with Gasteiger partial charge < -0.3 is 15.0 Å². The van der Waals surface area contributed by atoms with E-state index in [1.54, 1.807) is 6.92 Å². The van der Waals surface area contributed by atoms with E-state index in [1.165, 1.54) is 0 Å². The average Bonchev–Trinajstić information content (AvgIpc) is 2.65. The molecule has 26 heavy (non-hydrogen) atoms. The molecular weight excluding hydrogens is 330 g/mol. The number of hydrogen-bond acceptors (Lipinski definition) is 4. The number of nitrogens with zero attached hydrogens (tertiary/aromatic N) is 2. The van der Waals surface area contributed by atoms with Gasteiger partial charge >= 0.3 is 0 Å². The fourth-order valence-electron chi connectivity index (χ4n) is 3.80. The summed E-state index contributed by atoms with van der Waals surface area (Å²) in [5, 5.41) is 3.21. The van der Waals surface area contributed by atoms with Gasteiger partial charge in [0.2, 0.25) is 17.7 Å². The molecule has 2 aliphatic rings. The van der Waals surface area contributed by atoms with Crippen LogP contribution in [0.5, 0.6) is 5.88 Å². The maximum absolute atomic E-state index is 12.5. The number of aryl methyl sites for hydroxylation is 1. The highest BCUT2D eigenvalue weighted by Crippen LogP contribution is 2.24. The number of carbonyl (C=O) groups excluding carboxylic acids is 2. The van der Waals surface area contributed by atoms with E-state index in [0.29, 0.717) is 19.0 Å². The van der Waals surface area contributed by atoms with Gasteiger partial charge in [0.1, 0.15) is 6.10 Å². The second-order valence-electron chi connectivity index (χ2n) is 7.55. The zero-order valence-corrected chi connectivity index (χ0v) is 15.7. The topological polar surface area (TPSA) is 71.5 Å². The van der Waals surface area contributed by atoms with Crippen molar-refractivity contribution in [3.05, 3.63) is 23.9 Å². The summed E-state index contributed by atoms with van der Waals surface area (Å²) in [6.07, 6.45) is 7.28. The molecule has 2 heterocycles. The standard InChI is InChI=1S/C20H29N3O3/c1-14-3-8-19(21-13-14)26-18-6-4-17(5-7-18)22-20(25)16-9-11-23(12-10-16)15(2)24/h3,8,13,16-18H,4-7,9-12H2,1-2H3,(H,22,25). The molecule has 1 aliphatic heterocycles. The third kappa shape index (κ3) is 4.96. The van der Waals surface area contributed by atoms with Gasteiger partial charge in [-0.2, -0.15) is 0 Å². The first kappa shape index (κ1) is 18.7. The van der Waals surface area contributed by atoms with Crippen LogP contribution < -0.4 is 10.1 Å². The summed E-state index contributed by atoms with van der Waals surface area (Å²) in [5.41, 5.74) is 1.12. The molecule has 0 aromatic carbocycles. The lowest BCUT2D eigenvalue weighted by atomic mass is 9.91. The first-order valence-corrected chi connectivity index (χ1v) is 9.66. The molecule has 2 fully saturated rings. The molecular formula is C20H29N3O3. The van der Waals surface area contributed by atoms with Crippen LogP contribution in [-0.4, -0.2) is 46.9 Å². The number of rotatable bonds is 4. The van der Waals surface area contributed by atoms with E-state index < -0.39 is 0 Å². The molecule has 1 aliphatic carbocycles. The summed E-state index contributed by atoms with van der Waals surface area (Å²) >= 11 is 0. The molecule has 142 valence electrons. The van der Waals surface area contributed by atoms with Crippen LogP contribution in [0.15, 0.2) is 18.3 Å². The lowest BCUT2D eigenvalue weighted by molar-refractivity contribution is -0.134. The molecule has 6 heteroatoms. The molecule has 1 aromatic heterocycles. The smallest absolute Gasteiger partial charge is 0.223 e. The third-order valence-electron chi connectivity index (χ3n) is 5.50. The average molecular weight is 359 g/mol. The Morgan fingerprint density at radius 3 is 2.38 bits per heavy atom. The molecule has 0 bridgehead atoms. The van der Waals surface area contributed by atoms with Gasteiger partial charge in [0.25, 0.3) is 0 Å². The second kappa shape index (κ2) is 8.52. The summed E-state index contributed by atoms with van der Waals surface area (Å²) in [4.78, 5) is 30.0. The second-order valence-corrected chi connectivity index (χ2v) is 7.55. The zero-order valence-electron chi connectivity index (χ0n) is 15.7. The van der Waals surface area contributed by atoms with Crippen LogP contribution in [0.3, 0.4) is 0 Å². The lowest BCUT2D eigenvalue weighted by Crippen LogP contribution is -2.46. The molecule has 0 atom stereocenters. The number of carbonyl (C=O) groups is 2. The van der Waals surface area contributed by atoms with E-state index in [9.17, 15) is 9.59 Å². The normalized spacial score (nSPS) is 24.2. The minimum Gasteiger partial charge on any atom is -0.474 e. The summed E-state index contributed by atoms with van der Waals surface area (Å²) in [5.74, 6) is 0.972. The number of likely N-dealkylation sites (tertiary alicyclic amines) is 1. The molecule has 3 rings (SSSR count). The number of amides is 2. The highest BCUT2D eigenvalue weighted by atomic mass is 16.5. The van der Waals surface area contributed by atoms with Crippen molar-refractivity contribution in [3.8, 4) is 5.88 Å². The van der Waals surface area contributed by atoms with Gasteiger partial charge in [-0.05, 0) is 51.0 Å². The maximum atomic E-state index is 12.5. The molecule has 1 N–H and O–H groups in total. The predicted molar refractivity (Wildman–Crippen MR) is 98.8 cm³/mol. The molecule has 0 radical (unpaired) electrons. The Morgan fingerprint density at radius 1 is 1.12 bits per heavy atom. The first-order chi connectivity index (χ1) is 12.5. The number of nitrogens with one attached hydrogen (secondary N) is 1. The summed E-state index contributed by atoms with van der Waals surface area (Å²) in [6, 6.07) is 4.15. The Hall–Kier alpha value is -2.11. The van der Waals surface area contributed by atoms with Gasteiger partial charge in [-0.15, -0.1) is 0 Å². The quantitative estimate of drug-likeness (QED) is 0.896. The van der Waals surface area contributed by atoms with E-state index in [1.807, 2.05) is 30.2 Å². The molecule has 0 spiro atoms. The van der Waals surface area contributed by atoms with Crippen molar-refractivity contribution in [2.75, 3.05) is 13.1 Å². The van der Waals surface area contributed by atoms with Crippen molar-refractivity contribution < 1.29 is 14.3 Å². The van der Waals surface area contributed by atoms with Gasteiger partial charge in [0, 0.05) is 44.2 Å². The lowest BCUT2D eigenvalue weighted by Gasteiger charge is -2.33. The van der Waals surface area contributed by atoms with Gasteiger partial charge in [0.15, 0.2) is 0 Å². The fraction of sp³-hybridized carbons (Fsp3) is 0.650. The molecule has 1 aromatic rings. The van der Waals surface area contributed by atoms with Crippen LogP contribution in [0.25, 0.3) is 0 Å². The summed E-state index contributed by atoms with van der Waals surface area (Å²) < 4.78 is 5.95. The van der Waals surface area contributed by atoms with Crippen LogP contribution in [0, 0.1) is 12.8 Å². The van der Waals surface area contributed by atoms with Crippen molar-refractivity contribution in [1.82, 2.24) is 15.2 Å². The largest absolute Gasteiger partial charge is 0.474 e. The third-order valence-corrected chi connectivity index (χ3v) is 5.50. The van der Waals surface area contributed by atoms with Gasteiger partial charge in [-0.3, -0.25) is 9.59 Å². The van der Waals surface area contributed by atoms with Crippen molar-refractivity contribution in [2.24, 2.45) is 5.92 Å². The van der Waals surface area contributed by atoms with Crippen molar-refractivity contribution >= 4 is 11.8 Å². The number of pyridine rings is 1. The molecule has 2 amide bonds. The molecule has 6 nitrogen and oxygen atoms in total. The molecule has 1 saturated carbocycles. The minimum absolute atomic E-state index is 0.0383. The first-order valence-electron chi connectivity index (χ1n) is 9.66. The SMILES string of the molecule is CC(=O)N1CCC(C(=O)NC2CCC(Oc3ccc(C)cn3)CC2)CC1. The van der Waals surface area contributed by atoms with Crippen LogP contribution >= 0.6 is 0 Å². The fourth-order valence-corrected chi connectivity index (χ4v) is 3.80. The highest BCUT2D eigenvalue weighted by Gasteiger charge is 2.29. The number of piperidine rings is 1. The highest BCUT2D eigenvalue weighted by molar-refractivity contribution is 5.79. The number of aromatic nitrogens is 1. The van der Waals surface area contributed by atoms with E-state index in [4.69, 9.17) is 4.74 Å². The molecule has 0 unspecified atom stereocenters. The minimum atomic E-state index is 0.0383. The van der Waals surface area contributed by atoms with E-state index in [0.717, 1.165) is 44.1 Å². The van der Waals surface area contributed by atoms with Crippen molar-refractivity contribution in [1.29, 1.82) is 0 Å². The Bertz CT molecular complexity index is 616. The van der Waals surface area contributed by atoms with Crippen molar-refractivity contribution in [2.45, 2.75) is 64.5 Å². The number of ether oxygens (including phenoxy) is 1. The predicted octanol–water partition coefficient (Wildman–Crippen LogP) is 2.45. The summed E-state index contributed by atoms with van der Waals surface area (Å²) in [6.45, 7) is 4.98. The summed E-state index contributed by atoms with van der Waals surface area (Å²) in [7, 11) is 0. The van der Waals surface area contributed by atoms with E-state index in [-0.39, 0.29) is 29.9 Å². The zero-order chi connectivity index (χ0) is 18.5. The maximum Gasteiger partial charge on any atom is 0.223 e. The van der Waals surface area contributed by atoms with Crippen LogP contribution in [0.4, 0.5) is 0 Å². The van der Waals surface area contributed by atoms with Crippen molar-refractivity contribution in [3.63, 3.8) is 0 Å². The Labute approximate surface area is 155 Å². The Kier molecular flexibility index (Phi) is 6.12. The van der Waals surface area contributed by atoms with Crippen LogP contribution in [0.1, 0.15) is 51.0 Å². The Balaban J connectivity index is 1.39. The van der Waals surface area contributed by atoms with Crippen LogP contribution in [-0.2, 0) is 9.59 Å². The monoisotopic (exact) mass is 359 g/mol. The Morgan fingerprint density at radius 2 is 1.81 bits per heavy atom. The van der Waals surface area contributed by atoms with Gasteiger partial charge in [0.05, 0.1) is 0 Å². The van der Waals surface area contributed by atoms with E-state index in [2.05, 4.69) is 10.3 Å².